The fraction of sp³-hybridized carbons (Fsp3) is 0.529. The molecule has 1 saturated heterocycles. The molecule has 1 aliphatic heterocycles. The van der Waals surface area contributed by atoms with Crippen LogP contribution in [0.4, 0.5) is 8.78 Å². The summed E-state index contributed by atoms with van der Waals surface area (Å²) in [6.07, 6.45) is 0. The second-order valence-electron chi connectivity index (χ2n) is 6.47. The molecule has 1 aliphatic rings. The molecule has 0 unspecified atom stereocenters. The second-order valence-corrected chi connectivity index (χ2v) is 6.47. The van der Waals surface area contributed by atoms with Crippen LogP contribution in [0.2, 0.25) is 0 Å². The summed E-state index contributed by atoms with van der Waals surface area (Å²) in [7, 11) is 0. The molecule has 1 fully saturated rings. The average molecular weight is 324 g/mol. The molecule has 0 saturated carbocycles. The lowest BCUT2D eigenvalue weighted by atomic mass is 9.95. The highest BCUT2D eigenvalue weighted by Crippen LogP contribution is 2.23. The number of carbonyl (C=O) groups excluding carboxylic acids is 2. The van der Waals surface area contributed by atoms with Gasteiger partial charge in [-0.2, -0.15) is 0 Å². The summed E-state index contributed by atoms with van der Waals surface area (Å²) in [5, 5.41) is 0. The van der Waals surface area contributed by atoms with Crippen molar-refractivity contribution in [2.75, 3.05) is 13.1 Å². The maximum Gasteiger partial charge on any atom is 0.254 e. The minimum atomic E-state index is -1.05. The van der Waals surface area contributed by atoms with Crippen LogP contribution in [0.15, 0.2) is 18.2 Å². The first-order chi connectivity index (χ1) is 10.7. The van der Waals surface area contributed by atoms with Gasteiger partial charge in [-0.25, -0.2) is 8.78 Å². The van der Waals surface area contributed by atoms with Crippen molar-refractivity contribution in [3.8, 4) is 0 Å². The van der Waals surface area contributed by atoms with Gasteiger partial charge in [-0.3, -0.25) is 9.59 Å². The zero-order chi connectivity index (χ0) is 17.3. The Morgan fingerprint density at radius 3 is 2.13 bits per heavy atom. The van der Waals surface area contributed by atoms with E-state index in [9.17, 15) is 18.4 Å². The number of amides is 2. The summed E-state index contributed by atoms with van der Waals surface area (Å²) in [6, 6.07) is 3.27. The summed E-state index contributed by atoms with van der Waals surface area (Å²) in [6.45, 7) is 8.46. The molecule has 0 atom stereocenters. The minimum absolute atomic E-state index is 0.0318. The van der Waals surface area contributed by atoms with Crippen LogP contribution < -0.4 is 0 Å². The number of carbonyl (C=O) groups is 2. The van der Waals surface area contributed by atoms with Gasteiger partial charge in [0.25, 0.3) is 5.91 Å². The van der Waals surface area contributed by atoms with E-state index < -0.39 is 11.6 Å². The van der Waals surface area contributed by atoms with E-state index in [-0.39, 0.29) is 35.4 Å². The van der Waals surface area contributed by atoms with Crippen LogP contribution in [0.25, 0.3) is 0 Å². The van der Waals surface area contributed by atoms with Crippen LogP contribution in [0.5, 0.6) is 0 Å². The van der Waals surface area contributed by atoms with Gasteiger partial charge in [0.05, 0.1) is 5.92 Å². The molecule has 0 N–H and O–H groups in total. The molecular weight excluding hydrogens is 302 g/mol. The SMILES string of the molecule is CC(C)N(C(=O)C1CN(C(=O)c2ccc(F)c(F)c2)C1)C(C)C. The van der Waals surface area contributed by atoms with Crippen LogP contribution in [-0.4, -0.2) is 46.8 Å². The fourth-order valence-electron chi connectivity index (χ4n) is 2.93. The van der Waals surface area contributed by atoms with E-state index in [1.807, 2.05) is 32.6 Å². The van der Waals surface area contributed by atoms with Crippen LogP contribution in [0.3, 0.4) is 0 Å². The molecule has 1 aromatic rings. The highest BCUT2D eigenvalue weighted by Gasteiger charge is 2.39. The highest BCUT2D eigenvalue weighted by atomic mass is 19.2. The molecule has 0 spiro atoms. The molecule has 6 heteroatoms. The molecule has 0 bridgehead atoms. The van der Waals surface area contributed by atoms with Crippen molar-refractivity contribution in [1.82, 2.24) is 9.80 Å². The predicted octanol–water partition coefficient (Wildman–Crippen LogP) is 2.68. The van der Waals surface area contributed by atoms with Crippen molar-refractivity contribution in [3.05, 3.63) is 35.4 Å². The van der Waals surface area contributed by atoms with E-state index in [1.54, 1.807) is 0 Å². The smallest absolute Gasteiger partial charge is 0.254 e. The third kappa shape index (κ3) is 3.51. The van der Waals surface area contributed by atoms with E-state index in [0.29, 0.717) is 13.1 Å². The number of hydrogen-bond acceptors (Lipinski definition) is 2. The van der Waals surface area contributed by atoms with Gasteiger partial charge in [0.1, 0.15) is 0 Å². The van der Waals surface area contributed by atoms with Crippen molar-refractivity contribution in [2.45, 2.75) is 39.8 Å². The molecular formula is C17H22F2N2O2. The number of halogens is 2. The van der Waals surface area contributed by atoms with Crippen molar-refractivity contribution >= 4 is 11.8 Å². The van der Waals surface area contributed by atoms with E-state index in [4.69, 9.17) is 0 Å². The predicted molar refractivity (Wildman–Crippen MR) is 82.9 cm³/mol. The summed E-state index contributed by atoms with van der Waals surface area (Å²) < 4.78 is 26.1. The van der Waals surface area contributed by atoms with E-state index in [1.165, 1.54) is 11.0 Å². The Morgan fingerprint density at radius 2 is 1.65 bits per heavy atom. The van der Waals surface area contributed by atoms with Crippen LogP contribution in [0.1, 0.15) is 38.1 Å². The quantitative estimate of drug-likeness (QED) is 0.854. The zero-order valence-corrected chi connectivity index (χ0v) is 13.8. The standard InChI is InChI=1S/C17H22F2N2O2/c1-10(2)21(11(3)4)17(23)13-8-20(9-13)16(22)12-5-6-14(18)15(19)7-12/h5-7,10-11,13H,8-9H2,1-4H3. The molecule has 4 nitrogen and oxygen atoms in total. The van der Waals surface area contributed by atoms with Gasteiger partial charge in [-0.1, -0.05) is 0 Å². The average Bonchev–Trinajstić information content (AvgIpc) is 2.39. The van der Waals surface area contributed by atoms with Crippen molar-refractivity contribution in [1.29, 1.82) is 0 Å². The number of likely N-dealkylation sites (tertiary alicyclic amines) is 1. The first kappa shape index (κ1) is 17.4. The third-order valence-electron chi connectivity index (χ3n) is 4.05. The summed E-state index contributed by atoms with van der Waals surface area (Å²) in [5.74, 6) is -2.61. The number of benzene rings is 1. The number of rotatable bonds is 4. The Labute approximate surface area is 135 Å². The van der Waals surface area contributed by atoms with Crippen LogP contribution >= 0.6 is 0 Å². The topological polar surface area (TPSA) is 40.6 Å². The van der Waals surface area contributed by atoms with Gasteiger partial charge in [0, 0.05) is 30.7 Å². The normalized spacial score (nSPS) is 15.0. The molecule has 2 rings (SSSR count). The molecule has 1 aromatic carbocycles. The van der Waals surface area contributed by atoms with E-state index in [2.05, 4.69) is 0 Å². The monoisotopic (exact) mass is 324 g/mol. The molecule has 0 aliphatic carbocycles. The molecule has 126 valence electrons. The van der Waals surface area contributed by atoms with Gasteiger partial charge >= 0.3 is 0 Å². The first-order valence-corrected chi connectivity index (χ1v) is 7.78. The maximum absolute atomic E-state index is 13.2. The highest BCUT2D eigenvalue weighted by molar-refractivity contribution is 5.96. The first-order valence-electron chi connectivity index (χ1n) is 7.78. The Kier molecular flexibility index (Phi) is 5.02. The number of hydrogen-bond donors (Lipinski definition) is 0. The van der Waals surface area contributed by atoms with Gasteiger partial charge in [-0.05, 0) is 45.9 Å². The molecule has 0 aromatic heterocycles. The second kappa shape index (κ2) is 6.64. The molecule has 23 heavy (non-hydrogen) atoms. The summed E-state index contributed by atoms with van der Waals surface area (Å²) in [5.41, 5.74) is 0.0966. The summed E-state index contributed by atoms with van der Waals surface area (Å²) in [4.78, 5) is 28.0. The van der Waals surface area contributed by atoms with Gasteiger partial charge < -0.3 is 9.80 Å². The maximum atomic E-state index is 13.2. The fourth-order valence-corrected chi connectivity index (χ4v) is 2.93. The third-order valence-corrected chi connectivity index (χ3v) is 4.05. The Morgan fingerprint density at radius 1 is 1.09 bits per heavy atom. The van der Waals surface area contributed by atoms with Crippen molar-refractivity contribution in [3.63, 3.8) is 0 Å². The Balaban J connectivity index is 1.99. The Bertz CT molecular complexity index is 603. The molecule has 0 radical (unpaired) electrons. The van der Waals surface area contributed by atoms with E-state index in [0.717, 1.165) is 12.1 Å². The van der Waals surface area contributed by atoms with Crippen LogP contribution in [0, 0.1) is 17.6 Å². The lowest BCUT2D eigenvalue weighted by Crippen LogP contribution is -2.58. The van der Waals surface area contributed by atoms with Crippen molar-refractivity contribution < 1.29 is 18.4 Å². The largest absolute Gasteiger partial charge is 0.337 e. The van der Waals surface area contributed by atoms with E-state index >= 15 is 0 Å². The van der Waals surface area contributed by atoms with Crippen molar-refractivity contribution in [2.24, 2.45) is 5.92 Å². The van der Waals surface area contributed by atoms with Crippen LogP contribution in [-0.2, 0) is 4.79 Å². The molecule has 1 heterocycles. The number of nitrogens with zero attached hydrogens (tertiary/aromatic N) is 2. The molecule has 2 amide bonds. The Hall–Kier alpha value is -1.98. The zero-order valence-electron chi connectivity index (χ0n) is 13.8. The summed E-state index contributed by atoms with van der Waals surface area (Å²) >= 11 is 0. The lowest BCUT2D eigenvalue weighted by molar-refractivity contribution is -0.143. The van der Waals surface area contributed by atoms with Gasteiger partial charge in [0.15, 0.2) is 11.6 Å². The lowest BCUT2D eigenvalue weighted by Gasteiger charge is -2.42. The minimum Gasteiger partial charge on any atom is -0.337 e. The van der Waals surface area contributed by atoms with Gasteiger partial charge in [-0.15, -0.1) is 0 Å². The van der Waals surface area contributed by atoms with Gasteiger partial charge in [0.2, 0.25) is 5.91 Å².